The summed E-state index contributed by atoms with van der Waals surface area (Å²) in [7, 11) is 1.54. The minimum absolute atomic E-state index is 0.0212. The first-order valence-electron chi connectivity index (χ1n) is 10.5. The van der Waals surface area contributed by atoms with Crippen LogP contribution in [0.2, 0.25) is 0 Å². The second kappa shape index (κ2) is 10.5. The van der Waals surface area contributed by atoms with Gasteiger partial charge >= 0.3 is 0 Å². The molecule has 6 heteroatoms. The van der Waals surface area contributed by atoms with Gasteiger partial charge in [0.15, 0.2) is 0 Å². The lowest BCUT2D eigenvalue weighted by atomic mass is 10.1. The van der Waals surface area contributed by atoms with Gasteiger partial charge in [0.2, 0.25) is 5.91 Å². The summed E-state index contributed by atoms with van der Waals surface area (Å²) < 4.78 is 11.2. The molecule has 0 saturated carbocycles. The molecule has 0 aliphatic carbocycles. The lowest BCUT2D eigenvalue weighted by molar-refractivity contribution is -0.136. The number of benzene rings is 1. The summed E-state index contributed by atoms with van der Waals surface area (Å²) in [4.78, 5) is 28.9. The number of hydrogen-bond donors (Lipinski definition) is 0. The summed E-state index contributed by atoms with van der Waals surface area (Å²) in [6.07, 6.45) is 7.36. The van der Waals surface area contributed by atoms with Crippen LogP contribution in [0.1, 0.15) is 55.3 Å². The first-order valence-corrected chi connectivity index (χ1v) is 10.5. The number of hydrogen-bond acceptors (Lipinski definition) is 4. The van der Waals surface area contributed by atoms with E-state index >= 15 is 0 Å². The van der Waals surface area contributed by atoms with Crippen LogP contribution in [0.15, 0.2) is 24.3 Å². The summed E-state index contributed by atoms with van der Waals surface area (Å²) in [6.45, 7) is 3.10. The number of likely N-dealkylation sites (tertiary alicyclic amines) is 2. The molecule has 2 aliphatic rings. The van der Waals surface area contributed by atoms with Crippen molar-refractivity contribution in [3.05, 3.63) is 29.8 Å². The number of ether oxygens (including phenoxy) is 2. The SMILES string of the molecule is COCC(=O)N1CCC(Oc2ccccc2C(=O)N2CCCCCCC2)CC1. The minimum atomic E-state index is 0.0212. The first-order chi connectivity index (χ1) is 13.7. The third-order valence-corrected chi connectivity index (χ3v) is 5.62. The Labute approximate surface area is 167 Å². The Morgan fingerprint density at radius 3 is 2.25 bits per heavy atom. The molecular weight excluding hydrogens is 356 g/mol. The maximum Gasteiger partial charge on any atom is 0.257 e. The number of rotatable bonds is 5. The van der Waals surface area contributed by atoms with Crippen molar-refractivity contribution < 1.29 is 19.1 Å². The highest BCUT2D eigenvalue weighted by Crippen LogP contribution is 2.25. The summed E-state index contributed by atoms with van der Waals surface area (Å²) >= 11 is 0. The van der Waals surface area contributed by atoms with Gasteiger partial charge in [0.25, 0.3) is 5.91 Å². The van der Waals surface area contributed by atoms with Crippen molar-refractivity contribution in [2.45, 2.75) is 51.0 Å². The maximum absolute atomic E-state index is 13.1. The molecule has 0 bridgehead atoms. The van der Waals surface area contributed by atoms with E-state index in [1.165, 1.54) is 26.4 Å². The molecule has 2 fully saturated rings. The monoisotopic (exact) mass is 388 g/mol. The van der Waals surface area contributed by atoms with Crippen LogP contribution in [0.4, 0.5) is 0 Å². The Morgan fingerprint density at radius 1 is 0.929 bits per heavy atom. The number of amides is 2. The maximum atomic E-state index is 13.1. The van der Waals surface area contributed by atoms with Crippen LogP contribution in [0.3, 0.4) is 0 Å². The van der Waals surface area contributed by atoms with E-state index in [0.717, 1.165) is 38.8 Å². The molecule has 0 atom stereocenters. The Hall–Kier alpha value is -2.08. The fourth-order valence-electron chi connectivity index (χ4n) is 3.98. The Bertz CT molecular complexity index is 648. The molecule has 6 nitrogen and oxygen atoms in total. The highest BCUT2D eigenvalue weighted by Gasteiger charge is 2.26. The number of nitrogens with zero attached hydrogens (tertiary/aromatic N) is 2. The van der Waals surface area contributed by atoms with E-state index in [-0.39, 0.29) is 24.5 Å². The van der Waals surface area contributed by atoms with E-state index in [1.54, 1.807) is 0 Å². The van der Waals surface area contributed by atoms with Gasteiger partial charge in [-0.15, -0.1) is 0 Å². The molecule has 1 aromatic carbocycles. The quantitative estimate of drug-likeness (QED) is 0.778. The molecular formula is C22H32N2O4. The van der Waals surface area contributed by atoms with Crippen LogP contribution in [-0.4, -0.2) is 67.6 Å². The molecule has 0 unspecified atom stereocenters. The molecule has 28 heavy (non-hydrogen) atoms. The molecule has 2 heterocycles. The summed E-state index contributed by atoms with van der Waals surface area (Å²) in [5.41, 5.74) is 0.654. The van der Waals surface area contributed by atoms with Crippen molar-refractivity contribution >= 4 is 11.8 Å². The summed E-state index contributed by atoms with van der Waals surface area (Å²) in [5, 5.41) is 0. The molecule has 2 aliphatic heterocycles. The number of carbonyl (C=O) groups excluding carboxylic acids is 2. The van der Waals surface area contributed by atoms with Crippen LogP contribution in [-0.2, 0) is 9.53 Å². The van der Waals surface area contributed by atoms with Crippen molar-refractivity contribution in [2.24, 2.45) is 0 Å². The number of piperidine rings is 1. The van der Waals surface area contributed by atoms with Gasteiger partial charge in [0, 0.05) is 46.1 Å². The lowest BCUT2D eigenvalue weighted by Gasteiger charge is -2.32. The molecule has 2 amide bonds. The average molecular weight is 389 g/mol. The van der Waals surface area contributed by atoms with Gasteiger partial charge in [-0.3, -0.25) is 9.59 Å². The molecule has 1 aromatic rings. The van der Waals surface area contributed by atoms with E-state index < -0.39 is 0 Å². The van der Waals surface area contributed by atoms with Crippen molar-refractivity contribution in [2.75, 3.05) is 39.9 Å². The van der Waals surface area contributed by atoms with Crippen molar-refractivity contribution in [3.8, 4) is 5.75 Å². The number of methoxy groups -OCH3 is 1. The molecule has 154 valence electrons. The van der Waals surface area contributed by atoms with Gasteiger partial charge in [0.05, 0.1) is 5.56 Å². The van der Waals surface area contributed by atoms with Gasteiger partial charge in [-0.2, -0.15) is 0 Å². The van der Waals surface area contributed by atoms with Gasteiger partial charge in [0.1, 0.15) is 18.5 Å². The van der Waals surface area contributed by atoms with Crippen LogP contribution in [0.25, 0.3) is 0 Å². The normalized spacial score (nSPS) is 19.0. The van der Waals surface area contributed by atoms with Crippen LogP contribution in [0.5, 0.6) is 5.75 Å². The second-order valence-corrected chi connectivity index (χ2v) is 7.69. The predicted octanol–water partition coefficient (Wildman–Crippen LogP) is 3.11. The van der Waals surface area contributed by atoms with Crippen molar-refractivity contribution in [1.82, 2.24) is 9.80 Å². The zero-order chi connectivity index (χ0) is 19.8. The van der Waals surface area contributed by atoms with E-state index in [2.05, 4.69) is 0 Å². The smallest absolute Gasteiger partial charge is 0.257 e. The topological polar surface area (TPSA) is 59.1 Å². The van der Waals surface area contributed by atoms with Gasteiger partial charge in [-0.25, -0.2) is 0 Å². The van der Waals surface area contributed by atoms with Crippen molar-refractivity contribution in [1.29, 1.82) is 0 Å². The zero-order valence-electron chi connectivity index (χ0n) is 16.9. The zero-order valence-corrected chi connectivity index (χ0v) is 16.9. The molecule has 2 saturated heterocycles. The number of para-hydroxylation sites is 1. The van der Waals surface area contributed by atoms with E-state index in [9.17, 15) is 9.59 Å². The highest BCUT2D eigenvalue weighted by molar-refractivity contribution is 5.97. The second-order valence-electron chi connectivity index (χ2n) is 7.69. The Balaban J connectivity index is 1.61. The van der Waals surface area contributed by atoms with Gasteiger partial charge in [-0.05, 0) is 25.0 Å². The summed E-state index contributed by atoms with van der Waals surface area (Å²) in [6, 6.07) is 7.57. The number of carbonyl (C=O) groups is 2. The molecule has 3 rings (SSSR count). The third kappa shape index (κ3) is 5.47. The standard InChI is InChI=1S/C22H32N2O4/c1-27-17-21(25)23-15-11-18(12-16-23)28-20-10-6-5-9-19(20)22(26)24-13-7-3-2-4-8-14-24/h5-6,9-10,18H,2-4,7-8,11-17H2,1H3. The van der Waals surface area contributed by atoms with E-state index in [4.69, 9.17) is 9.47 Å². The Morgan fingerprint density at radius 2 is 1.57 bits per heavy atom. The van der Waals surface area contributed by atoms with Gasteiger partial charge in [-0.1, -0.05) is 31.4 Å². The van der Waals surface area contributed by atoms with Crippen LogP contribution in [0, 0.1) is 0 Å². The largest absolute Gasteiger partial charge is 0.489 e. The predicted molar refractivity (Wildman–Crippen MR) is 108 cm³/mol. The molecule has 0 spiro atoms. The van der Waals surface area contributed by atoms with E-state index in [0.29, 0.717) is 24.4 Å². The molecule has 0 aromatic heterocycles. The van der Waals surface area contributed by atoms with Crippen LogP contribution >= 0.6 is 0 Å². The summed E-state index contributed by atoms with van der Waals surface area (Å²) in [5.74, 6) is 0.759. The molecule has 0 radical (unpaired) electrons. The van der Waals surface area contributed by atoms with Crippen molar-refractivity contribution in [3.63, 3.8) is 0 Å². The molecule has 0 N–H and O–H groups in total. The fourth-order valence-corrected chi connectivity index (χ4v) is 3.98. The van der Waals surface area contributed by atoms with Gasteiger partial charge < -0.3 is 19.3 Å². The fraction of sp³-hybridized carbons (Fsp3) is 0.636. The lowest BCUT2D eigenvalue weighted by Crippen LogP contribution is -2.43. The third-order valence-electron chi connectivity index (χ3n) is 5.62. The van der Waals surface area contributed by atoms with E-state index in [1.807, 2.05) is 34.1 Å². The Kier molecular flexibility index (Phi) is 7.71. The first kappa shape index (κ1) is 20.6. The minimum Gasteiger partial charge on any atom is -0.489 e. The highest BCUT2D eigenvalue weighted by atomic mass is 16.5. The average Bonchev–Trinajstić information content (AvgIpc) is 2.68. The van der Waals surface area contributed by atoms with Crippen LogP contribution < -0.4 is 4.74 Å².